The Balaban J connectivity index is 2.21. The van der Waals surface area contributed by atoms with Crippen LogP contribution in [-0.2, 0) is 6.18 Å². The highest BCUT2D eigenvalue weighted by atomic mass is 35.5. The van der Waals surface area contributed by atoms with Crippen LogP contribution < -0.4 is 9.47 Å². The second kappa shape index (κ2) is 7.39. The number of hydrogen-bond acceptors (Lipinski definition) is 4. The van der Waals surface area contributed by atoms with Gasteiger partial charge in [0.25, 0.3) is 0 Å². The number of halogens is 4. The van der Waals surface area contributed by atoms with E-state index in [4.69, 9.17) is 21.1 Å². The Kier molecular flexibility index (Phi) is 5.50. The number of nitrogens with zero attached hydrogens (tertiary/aromatic N) is 1. The van der Waals surface area contributed by atoms with Crippen LogP contribution in [0.1, 0.15) is 5.56 Å². The fourth-order valence-electron chi connectivity index (χ4n) is 1.82. The third kappa shape index (κ3) is 4.51. The van der Waals surface area contributed by atoms with Gasteiger partial charge in [-0.15, -0.1) is 11.6 Å². The van der Waals surface area contributed by atoms with Crippen molar-refractivity contribution in [3.05, 3.63) is 58.1 Å². The second-order valence-corrected chi connectivity index (χ2v) is 4.93. The Morgan fingerprint density at radius 3 is 2.25 bits per heavy atom. The smallest absolute Gasteiger partial charge is 0.416 e. The standard InChI is InChI=1S/C15H11ClF3NO4/c16-7-8-23-14-9-12(5-6-13(14)20(21)22)24-11-3-1-10(2-4-11)15(17,18)19/h1-6,9H,7-8H2. The van der Waals surface area contributed by atoms with Gasteiger partial charge in [0.15, 0.2) is 0 Å². The third-order valence-electron chi connectivity index (χ3n) is 2.88. The number of ether oxygens (including phenoxy) is 2. The minimum Gasteiger partial charge on any atom is -0.485 e. The van der Waals surface area contributed by atoms with Gasteiger partial charge in [0.2, 0.25) is 5.75 Å². The van der Waals surface area contributed by atoms with Gasteiger partial charge in [-0.25, -0.2) is 0 Å². The minimum absolute atomic E-state index is 0.0370. The first-order valence-electron chi connectivity index (χ1n) is 6.63. The van der Waals surface area contributed by atoms with Gasteiger partial charge in [-0.05, 0) is 30.3 Å². The number of nitro groups is 1. The second-order valence-electron chi connectivity index (χ2n) is 4.55. The number of alkyl halides is 4. The molecule has 2 rings (SSSR count). The fourth-order valence-corrected chi connectivity index (χ4v) is 1.90. The molecule has 0 atom stereocenters. The molecule has 0 saturated carbocycles. The Morgan fingerprint density at radius 1 is 1.08 bits per heavy atom. The molecule has 5 nitrogen and oxygen atoms in total. The van der Waals surface area contributed by atoms with Crippen molar-refractivity contribution in [2.45, 2.75) is 6.18 Å². The Bertz CT molecular complexity index is 720. The van der Waals surface area contributed by atoms with Crippen molar-refractivity contribution < 1.29 is 27.6 Å². The molecule has 0 N–H and O–H groups in total. The highest BCUT2D eigenvalue weighted by Crippen LogP contribution is 2.35. The van der Waals surface area contributed by atoms with Crippen LogP contribution in [-0.4, -0.2) is 17.4 Å². The SMILES string of the molecule is O=[N+]([O-])c1ccc(Oc2ccc(C(F)(F)F)cc2)cc1OCCCl. The van der Waals surface area contributed by atoms with Gasteiger partial charge in [0, 0.05) is 12.1 Å². The van der Waals surface area contributed by atoms with Crippen LogP contribution in [0.3, 0.4) is 0 Å². The van der Waals surface area contributed by atoms with E-state index in [1.165, 1.54) is 18.2 Å². The van der Waals surface area contributed by atoms with Crippen molar-refractivity contribution in [1.82, 2.24) is 0 Å². The number of nitro benzene ring substituents is 1. The van der Waals surface area contributed by atoms with E-state index in [1.807, 2.05) is 0 Å². The van der Waals surface area contributed by atoms with Crippen LogP contribution in [0.4, 0.5) is 18.9 Å². The number of rotatable bonds is 6. The Labute approximate surface area is 139 Å². The summed E-state index contributed by atoms with van der Waals surface area (Å²) >= 11 is 5.49. The summed E-state index contributed by atoms with van der Waals surface area (Å²) in [4.78, 5) is 10.3. The van der Waals surface area contributed by atoms with Crippen molar-refractivity contribution in [2.24, 2.45) is 0 Å². The molecule has 0 aliphatic rings. The first kappa shape index (κ1) is 17.9. The molecule has 0 spiro atoms. The fraction of sp³-hybridized carbons (Fsp3) is 0.200. The highest BCUT2D eigenvalue weighted by molar-refractivity contribution is 6.18. The molecular formula is C15H11ClF3NO4. The monoisotopic (exact) mass is 361 g/mol. The highest BCUT2D eigenvalue weighted by Gasteiger charge is 2.30. The van der Waals surface area contributed by atoms with Crippen molar-refractivity contribution in [2.75, 3.05) is 12.5 Å². The summed E-state index contributed by atoms with van der Waals surface area (Å²) in [7, 11) is 0. The van der Waals surface area contributed by atoms with Crippen LogP contribution >= 0.6 is 11.6 Å². The van der Waals surface area contributed by atoms with Crippen LogP contribution in [0.2, 0.25) is 0 Å². The Hall–Kier alpha value is -2.48. The molecule has 0 saturated heterocycles. The van der Waals surface area contributed by atoms with Crippen LogP contribution in [0.15, 0.2) is 42.5 Å². The minimum atomic E-state index is -4.44. The molecule has 9 heteroatoms. The molecule has 2 aromatic carbocycles. The van der Waals surface area contributed by atoms with Crippen molar-refractivity contribution in [3.8, 4) is 17.2 Å². The summed E-state index contributed by atoms with van der Waals surface area (Å²) < 4.78 is 48.1. The van der Waals surface area contributed by atoms with E-state index in [1.54, 1.807) is 0 Å². The molecule has 0 radical (unpaired) electrons. The molecule has 2 aromatic rings. The van der Waals surface area contributed by atoms with Gasteiger partial charge in [-0.3, -0.25) is 10.1 Å². The first-order valence-corrected chi connectivity index (χ1v) is 7.17. The molecule has 0 bridgehead atoms. The van der Waals surface area contributed by atoms with Gasteiger partial charge in [0.05, 0.1) is 16.4 Å². The zero-order chi connectivity index (χ0) is 17.7. The lowest BCUT2D eigenvalue weighted by Gasteiger charge is -2.10. The lowest BCUT2D eigenvalue weighted by Crippen LogP contribution is -2.04. The summed E-state index contributed by atoms with van der Waals surface area (Å²) in [5.74, 6) is 0.441. The maximum absolute atomic E-state index is 12.5. The molecule has 24 heavy (non-hydrogen) atoms. The zero-order valence-corrected chi connectivity index (χ0v) is 12.8. The predicted octanol–water partition coefficient (Wildman–Crippen LogP) is 5.02. The summed E-state index contributed by atoms with van der Waals surface area (Å²) in [5, 5.41) is 10.9. The maximum atomic E-state index is 12.5. The van der Waals surface area contributed by atoms with Crippen LogP contribution in [0.25, 0.3) is 0 Å². The average Bonchev–Trinajstić information content (AvgIpc) is 2.52. The van der Waals surface area contributed by atoms with Crippen LogP contribution in [0.5, 0.6) is 17.2 Å². The first-order chi connectivity index (χ1) is 11.3. The quantitative estimate of drug-likeness (QED) is 0.411. The Morgan fingerprint density at radius 2 is 1.71 bits per heavy atom. The molecular weight excluding hydrogens is 351 g/mol. The van der Waals surface area contributed by atoms with Gasteiger partial charge in [0.1, 0.15) is 18.1 Å². The molecule has 0 aliphatic heterocycles. The van der Waals surface area contributed by atoms with E-state index in [-0.39, 0.29) is 35.4 Å². The molecule has 0 unspecified atom stereocenters. The number of hydrogen-bond donors (Lipinski definition) is 0. The number of benzene rings is 2. The third-order valence-corrected chi connectivity index (χ3v) is 3.03. The van der Waals surface area contributed by atoms with Crippen molar-refractivity contribution in [1.29, 1.82) is 0 Å². The van der Waals surface area contributed by atoms with E-state index >= 15 is 0 Å². The van der Waals surface area contributed by atoms with E-state index in [0.29, 0.717) is 0 Å². The molecule has 128 valence electrons. The van der Waals surface area contributed by atoms with Gasteiger partial charge in [-0.2, -0.15) is 13.2 Å². The van der Waals surface area contributed by atoms with E-state index < -0.39 is 16.7 Å². The summed E-state index contributed by atoms with van der Waals surface area (Å²) in [6, 6.07) is 7.86. The van der Waals surface area contributed by atoms with E-state index in [2.05, 4.69) is 0 Å². The van der Waals surface area contributed by atoms with Gasteiger partial charge >= 0.3 is 11.9 Å². The largest absolute Gasteiger partial charge is 0.485 e. The lowest BCUT2D eigenvalue weighted by molar-refractivity contribution is -0.385. The molecule has 0 heterocycles. The van der Waals surface area contributed by atoms with E-state index in [9.17, 15) is 23.3 Å². The lowest BCUT2D eigenvalue weighted by atomic mass is 10.2. The molecule has 0 amide bonds. The van der Waals surface area contributed by atoms with Crippen molar-refractivity contribution in [3.63, 3.8) is 0 Å². The zero-order valence-electron chi connectivity index (χ0n) is 12.0. The van der Waals surface area contributed by atoms with Gasteiger partial charge in [-0.1, -0.05) is 0 Å². The molecule has 0 aliphatic carbocycles. The summed E-state index contributed by atoms with van der Waals surface area (Å²) in [6.45, 7) is 0.0616. The molecule has 0 fully saturated rings. The van der Waals surface area contributed by atoms with E-state index in [0.717, 1.165) is 24.3 Å². The summed E-state index contributed by atoms with van der Waals surface area (Å²) in [6.07, 6.45) is -4.44. The summed E-state index contributed by atoms with van der Waals surface area (Å²) in [5.41, 5.74) is -1.07. The topological polar surface area (TPSA) is 61.6 Å². The van der Waals surface area contributed by atoms with Gasteiger partial charge < -0.3 is 9.47 Å². The average molecular weight is 362 g/mol. The van der Waals surface area contributed by atoms with Crippen molar-refractivity contribution >= 4 is 17.3 Å². The van der Waals surface area contributed by atoms with Crippen LogP contribution in [0, 0.1) is 10.1 Å². The normalized spacial score (nSPS) is 11.2. The predicted molar refractivity (Wildman–Crippen MR) is 80.8 cm³/mol. The maximum Gasteiger partial charge on any atom is 0.416 e. The molecule has 0 aromatic heterocycles.